The Balaban J connectivity index is 2.00. The van der Waals surface area contributed by atoms with Crippen LogP contribution in [-0.2, 0) is 9.47 Å². The van der Waals surface area contributed by atoms with Crippen LogP contribution in [0.3, 0.4) is 0 Å². The summed E-state index contributed by atoms with van der Waals surface area (Å²) in [7, 11) is 0. The molecule has 0 radical (unpaired) electrons. The molecule has 0 aromatic carbocycles. The number of pyridine rings is 1. The molecule has 0 spiro atoms. The molecule has 0 saturated carbocycles. The van der Waals surface area contributed by atoms with Crippen molar-refractivity contribution in [2.45, 2.75) is 27.7 Å². The highest BCUT2D eigenvalue weighted by atomic mass is 32.1. The van der Waals surface area contributed by atoms with Crippen LogP contribution in [0.15, 0.2) is 23.7 Å². The SMILES string of the molecule is CCOC(=O)c1csc(NC(=O)c2c(C)nc3cc(C)ccn23)c1C(=O)OCC. The van der Waals surface area contributed by atoms with Crippen molar-refractivity contribution in [2.24, 2.45) is 0 Å². The van der Waals surface area contributed by atoms with Crippen molar-refractivity contribution in [3.8, 4) is 0 Å². The maximum atomic E-state index is 13.0. The van der Waals surface area contributed by atoms with Crippen molar-refractivity contribution in [1.82, 2.24) is 9.38 Å². The third kappa shape index (κ3) is 4.00. The lowest BCUT2D eigenvalue weighted by Gasteiger charge is -2.09. The van der Waals surface area contributed by atoms with Crippen LogP contribution < -0.4 is 5.32 Å². The monoisotopic (exact) mass is 415 g/mol. The number of carbonyl (C=O) groups is 3. The second kappa shape index (κ2) is 8.44. The molecule has 0 unspecified atom stereocenters. The predicted molar refractivity (Wildman–Crippen MR) is 109 cm³/mol. The van der Waals surface area contributed by atoms with Crippen molar-refractivity contribution in [3.63, 3.8) is 0 Å². The van der Waals surface area contributed by atoms with E-state index in [1.54, 1.807) is 31.4 Å². The third-order valence-corrected chi connectivity index (χ3v) is 5.06. The molecule has 152 valence electrons. The van der Waals surface area contributed by atoms with E-state index in [-0.39, 0.29) is 29.3 Å². The van der Waals surface area contributed by atoms with E-state index in [1.165, 1.54) is 5.38 Å². The summed E-state index contributed by atoms with van der Waals surface area (Å²) in [5.74, 6) is -1.78. The summed E-state index contributed by atoms with van der Waals surface area (Å²) < 4.78 is 11.8. The fraction of sp³-hybridized carbons (Fsp3) is 0.300. The number of carbonyl (C=O) groups excluding carboxylic acids is 3. The number of nitrogens with one attached hydrogen (secondary N) is 1. The van der Waals surface area contributed by atoms with Gasteiger partial charge in [0.25, 0.3) is 5.91 Å². The number of fused-ring (bicyclic) bond motifs is 1. The number of imidazole rings is 1. The van der Waals surface area contributed by atoms with E-state index in [0.29, 0.717) is 17.0 Å². The molecular weight excluding hydrogens is 394 g/mol. The van der Waals surface area contributed by atoms with Crippen LogP contribution in [0.2, 0.25) is 0 Å². The average Bonchev–Trinajstić information content (AvgIpc) is 3.21. The molecular formula is C20H21N3O5S. The number of thiophene rings is 1. The van der Waals surface area contributed by atoms with Gasteiger partial charge < -0.3 is 14.8 Å². The minimum absolute atomic E-state index is 0.00836. The Morgan fingerprint density at radius 3 is 2.52 bits per heavy atom. The molecule has 0 aliphatic carbocycles. The molecule has 3 rings (SSSR count). The van der Waals surface area contributed by atoms with E-state index in [9.17, 15) is 14.4 Å². The van der Waals surface area contributed by atoms with Crippen LogP contribution in [0.1, 0.15) is 56.3 Å². The normalized spacial score (nSPS) is 10.8. The highest BCUT2D eigenvalue weighted by Crippen LogP contribution is 2.30. The lowest BCUT2D eigenvalue weighted by atomic mass is 10.2. The molecule has 0 atom stereocenters. The van der Waals surface area contributed by atoms with E-state index >= 15 is 0 Å². The van der Waals surface area contributed by atoms with Crippen molar-refractivity contribution in [1.29, 1.82) is 0 Å². The highest BCUT2D eigenvalue weighted by Gasteiger charge is 2.28. The number of esters is 2. The smallest absolute Gasteiger partial charge is 0.342 e. The Kier molecular flexibility index (Phi) is 5.97. The fourth-order valence-corrected chi connectivity index (χ4v) is 3.83. The summed E-state index contributed by atoms with van der Waals surface area (Å²) in [6, 6.07) is 3.75. The zero-order valence-corrected chi connectivity index (χ0v) is 17.4. The van der Waals surface area contributed by atoms with Crippen molar-refractivity contribution < 1.29 is 23.9 Å². The molecule has 0 fully saturated rings. The average molecular weight is 415 g/mol. The molecule has 1 N–H and O–H groups in total. The Morgan fingerprint density at radius 1 is 1.14 bits per heavy atom. The quantitative estimate of drug-likeness (QED) is 0.618. The largest absolute Gasteiger partial charge is 0.462 e. The van der Waals surface area contributed by atoms with Crippen LogP contribution in [0.25, 0.3) is 5.65 Å². The Bertz CT molecular complexity index is 1100. The van der Waals surface area contributed by atoms with Gasteiger partial charge in [0.15, 0.2) is 0 Å². The number of aromatic nitrogens is 2. The zero-order valence-electron chi connectivity index (χ0n) is 16.6. The van der Waals surface area contributed by atoms with Gasteiger partial charge in [-0.3, -0.25) is 9.20 Å². The summed E-state index contributed by atoms with van der Waals surface area (Å²) in [5, 5.41) is 4.42. The number of hydrogen-bond acceptors (Lipinski definition) is 7. The van der Waals surface area contributed by atoms with Crippen molar-refractivity contribution in [2.75, 3.05) is 18.5 Å². The summed E-state index contributed by atoms with van der Waals surface area (Å²) in [5.41, 5.74) is 2.63. The maximum absolute atomic E-state index is 13.0. The third-order valence-electron chi connectivity index (χ3n) is 4.16. The van der Waals surface area contributed by atoms with Crippen LogP contribution >= 0.6 is 11.3 Å². The summed E-state index contributed by atoms with van der Waals surface area (Å²) in [6.45, 7) is 7.32. The van der Waals surface area contributed by atoms with Gasteiger partial charge in [0, 0.05) is 11.6 Å². The van der Waals surface area contributed by atoms with E-state index in [2.05, 4.69) is 10.3 Å². The summed E-state index contributed by atoms with van der Waals surface area (Å²) >= 11 is 1.06. The van der Waals surface area contributed by atoms with Gasteiger partial charge in [0.2, 0.25) is 0 Å². The molecule has 3 aromatic heterocycles. The molecule has 29 heavy (non-hydrogen) atoms. The van der Waals surface area contributed by atoms with Crippen LogP contribution in [0, 0.1) is 13.8 Å². The van der Waals surface area contributed by atoms with Crippen LogP contribution in [-0.4, -0.2) is 40.4 Å². The van der Waals surface area contributed by atoms with Crippen molar-refractivity contribution >= 4 is 39.8 Å². The molecule has 3 heterocycles. The van der Waals surface area contributed by atoms with Gasteiger partial charge in [-0.2, -0.15) is 0 Å². The number of rotatable bonds is 6. The summed E-state index contributed by atoms with van der Waals surface area (Å²) in [6.07, 6.45) is 1.77. The minimum atomic E-state index is -0.697. The van der Waals surface area contributed by atoms with E-state index < -0.39 is 17.8 Å². The van der Waals surface area contributed by atoms with Crippen molar-refractivity contribution in [3.05, 3.63) is 51.8 Å². The van der Waals surface area contributed by atoms with Gasteiger partial charge in [0.05, 0.1) is 24.5 Å². The number of hydrogen-bond donors (Lipinski definition) is 1. The van der Waals surface area contributed by atoms with Crippen LogP contribution in [0.5, 0.6) is 0 Å². The van der Waals surface area contributed by atoms with Gasteiger partial charge in [-0.15, -0.1) is 11.3 Å². The lowest BCUT2D eigenvalue weighted by molar-refractivity contribution is 0.0481. The number of ether oxygens (including phenoxy) is 2. The molecule has 0 aliphatic rings. The second-order valence-corrected chi connectivity index (χ2v) is 7.11. The highest BCUT2D eigenvalue weighted by molar-refractivity contribution is 7.15. The lowest BCUT2D eigenvalue weighted by Crippen LogP contribution is -2.18. The number of anilines is 1. The number of aryl methyl sites for hydroxylation is 2. The van der Waals surface area contributed by atoms with E-state index in [0.717, 1.165) is 16.9 Å². The Morgan fingerprint density at radius 2 is 1.83 bits per heavy atom. The number of amides is 1. The molecule has 8 nitrogen and oxygen atoms in total. The molecule has 1 amide bonds. The molecule has 0 bridgehead atoms. The minimum Gasteiger partial charge on any atom is -0.462 e. The van der Waals surface area contributed by atoms with Crippen LogP contribution in [0.4, 0.5) is 5.00 Å². The first-order valence-corrected chi connectivity index (χ1v) is 9.97. The van der Waals surface area contributed by atoms with Gasteiger partial charge in [-0.1, -0.05) is 0 Å². The second-order valence-electron chi connectivity index (χ2n) is 6.23. The van der Waals surface area contributed by atoms with E-state index in [1.807, 2.05) is 19.1 Å². The first-order chi connectivity index (χ1) is 13.9. The topological polar surface area (TPSA) is 99.0 Å². The first kappa shape index (κ1) is 20.5. The standard InChI is InChI=1S/C20H21N3O5S/c1-5-27-19(25)13-10-29-18(15(13)20(26)28-6-2)22-17(24)16-12(4)21-14-9-11(3)7-8-23(14)16/h7-10H,5-6H2,1-4H3,(H,22,24). The summed E-state index contributed by atoms with van der Waals surface area (Å²) in [4.78, 5) is 42.1. The predicted octanol–water partition coefficient (Wildman–Crippen LogP) is 3.62. The van der Waals surface area contributed by atoms with Gasteiger partial charge in [-0.05, 0) is 45.4 Å². The molecule has 3 aromatic rings. The zero-order chi connectivity index (χ0) is 21.1. The maximum Gasteiger partial charge on any atom is 0.342 e. The molecule has 0 saturated heterocycles. The number of nitrogens with zero attached hydrogens (tertiary/aromatic N) is 2. The van der Waals surface area contributed by atoms with Gasteiger partial charge >= 0.3 is 11.9 Å². The van der Waals surface area contributed by atoms with Gasteiger partial charge in [0.1, 0.15) is 21.9 Å². The molecule has 9 heteroatoms. The first-order valence-electron chi connectivity index (χ1n) is 9.09. The van der Waals surface area contributed by atoms with Gasteiger partial charge in [-0.25, -0.2) is 14.6 Å². The Hall–Kier alpha value is -3.20. The fourth-order valence-electron chi connectivity index (χ4n) is 2.92. The van der Waals surface area contributed by atoms with E-state index in [4.69, 9.17) is 9.47 Å². The molecule has 0 aliphatic heterocycles. The Labute approximate surface area is 171 Å².